The smallest absolute Gasteiger partial charge is 0.433 e. The van der Waals surface area contributed by atoms with E-state index in [-0.39, 0.29) is 6.54 Å². The minimum atomic E-state index is -4.50. The monoisotopic (exact) mass is 472 g/mol. The van der Waals surface area contributed by atoms with E-state index in [0.29, 0.717) is 40.9 Å². The first-order valence-electron chi connectivity index (χ1n) is 10.8. The standard InChI is InChI=1S/C24H27F3N6O/c1-5-7-8-21(24(25,26)27)28-12-17(6-2)13-29-23-19-9-18(33-14-16(3)11-32-33)10-20(34-4)22(19)30-15-31-23/h6,8-12,14-15H,5,7,13H2,1-4H3,(H,29,30,31)/b17-6+,21-8+,28-12+. The van der Waals surface area contributed by atoms with E-state index in [1.807, 2.05) is 32.2 Å². The van der Waals surface area contributed by atoms with E-state index in [1.54, 1.807) is 31.0 Å². The molecule has 0 saturated carbocycles. The molecule has 10 heteroatoms. The van der Waals surface area contributed by atoms with Crippen LogP contribution in [0.1, 0.15) is 32.3 Å². The third-order valence-electron chi connectivity index (χ3n) is 5.00. The van der Waals surface area contributed by atoms with Crippen molar-refractivity contribution in [2.75, 3.05) is 19.0 Å². The minimum Gasteiger partial charge on any atom is -0.494 e. The van der Waals surface area contributed by atoms with Gasteiger partial charge in [0.05, 0.1) is 19.0 Å². The summed E-state index contributed by atoms with van der Waals surface area (Å²) in [5, 5.41) is 8.22. The molecule has 0 aliphatic rings. The van der Waals surface area contributed by atoms with Crippen LogP contribution in [-0.4, -0.2) is 45.8 Å². The van der Waals surface area contributed by atoms with E-state index in [9.17, 15) is 13.2 Å². The van der Waals surface area contributed by atoms with Crippen molar-refractivity contribution in [3.63, 3.8) is 0 Å². The van der Waals surface area contributed by atoms with Gasteiger partial charge in [-0.3, -0.25) is 4.99 Å². The molecule has 0 atom stereocenters. The summed E-state index contributed by atoms with van der Waals surface area (Å²) in [6.45, 7) is 5.72. The van der Waals surface area contributed by atoms with Crippen molar-refractivity contribution >= 4 is 22.9 Å². The maximum atomic E-state index is 13.2. The minimum absolute atomic E-state index is 0.221. The number of nitrogens with one attached hydrogen (secondary N) is 1. The summed E-state index contributed by atoms with van der Waals surface area (Å²) in [6, 6.07) is 3.71. The van der Waals surface area contributed by atoms with Crippen molar-refractivity contribution < 1.29 is 17.9 Å². The number of aliphatic imine (C=N–C) groups is 1. The summed E-state index contributed by atoms with van der Waals surface area (Å²) >= 11 is 0. The number of hydrogen-bond donors (Lipinski definition) is 1. The lowest BCUT2D eigenvalue weighted by molar-refractivity contribution is -0.0925. The largest absolute Gasteiger partial charge is 0.494 e. The Hall–Kier alpha value is -3.69. The Bertz CT molecular complexity index is 1230. The maximum absolute atomic E-state index is 13.2. The van der Waals surface area contributed by atoms with Crippen molar-refractivity contribution in [1.82, 2.24) is 19.7 Å². The van der Waals surface area contributed by atoms with E-state index in [2.05, 4.69) is 25.4 Å². The topological polar surface area (TPSA) is 77.2 Å². The van der Waals surface area contributed by atoms with Crippen LogP contribution in [0, 0.1) is 6.92 Å². The third kappa shape index (κ3) is 6.00. The van der Waals surface area contributed by atoms with E-state index in [4.69, 9.17) is 4.74 Å². The summed E-state index contributed by atoms with van der Waals surface area (Å²) in [5.41, 5.74) is 2.04. The van der Waals surface area contributed by atoms with Crippen LogP contribution in [0.25, 0.3) is 16.6 Å². The van der Waals surface area contributed by atoms with Crippen LogP contribution in [-0.2, 0) is 0 Å². The third-order valence-corrected chi connectivity index (χ3v) is 5.00. The van der Waals surface area contributed by atoms with E-state index in [0.717, 1.165) is 17.3 Å². The van der Waals surface area contributed by atoms with Crippen molar-refractivity contribution in [2.45, 2.75) is 39.8 Å². The van der Waals surface area contributed by atoms with Crippen LogP contribution >= 0.6 is 0 Å². The molecule has 3 aromatic rings. The van der Waals surface area contributed by atoms with Gasteiger partial charge >= 0.3 is 6.18 Å². The summed E-state index contributed by atoms with van der Waals surface area (Å²) < 4.78 is 46.9. The summed E-state index contributed by atoms with van der Waals surface area (Å²) in [6.07, 6.45) is 5.49. The molecule has 3 rings (SSSR count). The van der Waals surface area contributed by atoms with Crippen LogP contribution in [0.5, 0.6) is 5.75 Å². The van der Waals surface area contributed by atoms with E-state index >= 15 is 0 Å². The molecule has 34 heavy (non-hydrogen) atoms. The fourth-order valence-electron chi connectivity index (χ4n) is 3.19. The van der Waals surface area contributed by atoms with Gasteiger partial charge in [0.1, 0.15) is 29.1 Å². The molecule has 0 radical (unpaired) electrons. The van der Waals surface area contributed by atoms with Crippen molar-refractivity contribution in [2.24, 2.45) is 4.99 Å². The first-order valence-corrected chi connectivity index (χ1v) is 10.8. The zero-order chi connectivity index (χ0) is 24.7. The Morgan fingerprint density at radius 3 is 2.68 bits per heavy atom. The quantitative estimate of drug-likeness (QED) is 0.398. The highest BCUT2D eigenvalue weighted by molar-refractivity contribution is 5.95. The van der Waals surface area contributed by atoms with Crippen LogP contribution in [0.2, 0.25) is 0 Å². The van der Waals surface area contributed by atoms with Gasteiger partial charge in [-0.1, -0.05) is 25.5 Å². The first kappa shape index (κ1) is 24.9. The molecule has 180 valence electrons. The van der Waals surface area contributed by atoms with Crippen LogP contribution in [0.4, 0.5) is 19.0 Å². The molecule has 0 spiro atoms. The molecule has 0 aliphatic heterocycles. The Balaban J connectivity index is 1.89. The van der Waals surface area contributed by atoms with Crippen molar-refractivity contribution in [1.29, 1.82) is 0 Å². The molecule has 0 amide bonds. The van der Waals surface area contributed by atoms with Crippen LogP contribution in [0.3, 0.4) is 0 Å². The number of unbranched alkanes of at least 4 members (excludes halogenated alkanes) is 1. The number of ether oxygens (including phenoxy) is 1. The summed E-state index contributed by atoms with van der Waals surface area (Å²) in [5.74, 6) is 1.06. The van der Waals surface area contributed by atoms with Gasteiger partial charge in [-0.2, -0.15) is 18.3 Å². The second-order valence-electron chi connectivity index (χ2n) is 7.58. The number of methoxy groups -OCH3 is 1. The summed E-state index contributed by atoms with van der Waals surface area (Å²) in [7, 11) is 1.56. The molecule has 2 heterocycles. The molecule has 7 nitrogen and oxygen atoms in total. The lowest BCUT2D eigenvalue weighted by atomic mass is 10.2. The second-order valence-corrected chi connectivity index (χ2v) is 7.58. The van der Waals surface area contributed by atoms with Crippen LogP contribution < -0.4 is 10.1 Å². The Labute approximate surface area is 196 Å². The first-order chi connectivity index (χ1) is 16.3. The average Bonchev–Trinajstić information content (AvgIpc) is 3.25. The molecule has 0 saturated heterocycles. The Morgan fingerprint density at radius 2 is 2.06 bits per heavy atom. The highest BCUT2D eigenvalue weighted by Crippen LogP contribution is 2.31. The fourth-order valence-corrected chi connectivity index (χ4v) is 3.19. The van der Waals surface area contributed by atoms with E-state index < -0.39 is 11.9 Å². The Kier molecular flexibility index (Phi) is 8.04. The maximum Gasteiger partial charge on any atom is 0.433 e. The molecule has 2 aromatic heterocycles. The SMILES string of the molecule is C\C=C(/C=N/C(=C/CCC)C(F)(F)F)CNc1ncnc2c(OC)cc(-n3cc(C)cn3)cc12. The number of nitrogens with zero attached hydrogens (tertiary/aromatic N) is 5. The number of rotatable bonds is 9. The predicted octanol–water partition coefficient (Wildman–Crippen LogP) is 5.81. The number of hydrogen-bond acceptors (Lipinski definition) is 6. The lowest BCUT2D eigenvalue weighted by Crippen LogP contribution is -2.12. The number of aryl methyl sites for hydroxylation is 1. The van der Waals surface area contributed by atoms with Gasteiger partial charge in [0, 0.05) is 30.4 Å². The number of fused-ring (bicyclic) bond motifs is 1. The number of anilines is 1. The molecular weight excluding hydrogens is 445 g/mol. The van der Waals surface area contributed by atoms with Gasteiger partial charge in [0.15, 0.2) is 0 Å². The van der Waals surface area contributed by atoms with Gasteiger partial charge in [-0.15, -0.1) is 0 Å². The average molecular weight is 473 g/mol. The molecule has 0 fully saturated rings. The second kappa shape index (κ2) is 11.0. The van der Waals surface area contributed by atoms with Crippen molar-refractivity contribution in [3.05, 3.63) is 59.8 Å². The zero-order valence-electron chi connectivity index (χ0n) is 19.5. The predicted molar refractivity (Wildman–Crippen MR) is 128 cm³/mol. The number of aromatic nitrogens is 4. The molecular formula is C24H27F3N6O. The van der Waals surface area contributed by atoms with Crippen LogP contribution in [0.15, 0.2) is 59.3 Å². The highest BCUT2D eigenvalue weighted by atomic mass is 19.4. The lowest BCUT2D eigenvalue weighted by Gasteiger charge is -2.13. The molecule has 0 aliphatic carbocycles. The van der Waals surface area contributed by atoms with Gasteiger partial charge in [0.2, 0.25) is 0 Å². The zero-order valence-corrected chi connectivity index (χ0v) is 19.5. The molecule has 0 bridgehead atoms. The van der Waals surface area contributed by atoms with Gasteiger partial charge < -0.3 is 10.1 Å². The Morgan fingerprint density at radius 1 is 1.26 bits per heavy atom. The normalized spacial score (nSPS) is 13.1. The number of allylic oxidation sites excluding steroid dienone is 3. The van der Waals surface area contributed by atoms with Gasteiger partial charge in [-0.25, -0.2) is 14.6 Å². The number of alkyl halides is 3. The molecule has 1 aromatic carbocycles. The molecule has 1 N–H and O–H groups in total. The number of benzene rings is 1. The highest BCUT2D eigenvalue weighted by Gasteiger charge is 2.33. The fraction of sp³-hybridized carbons (Fsp3) is 0.333. The van der Waals surface area contributed by atoms with Gasteiger partial charge in [-0.05, 0) is 37.5 Å². The summed E-state index contributed by atoms with van der Waals surface area (Å²) in [4.78, 5) is 12.4. The molecule has 0 unspecified atom stereocenters. The number of halogens is 3. The van der Waals surface area contributed by atoms with Gasteiger partial charge in [0.25, 0.3) is 0 Å². The van der Waals surface area contributed by atoms with E-state index in [1.165, 1.54) is 12.5 Å². The van der Waals surface area contributed by atoms with Crippen molar-refractivity contribution in [3.8, 4) is 11.4 Å².